The number of carboxylic acids is 1. The molecule has 2 aromatic carbocycles. The molecule has 0 aromatic heterocycles. The second-order valence-electron chi connectivity index (χ2n) is 10.2. The Kier molecular flexibility index (Phi) is 8.54. The number of carbonyl (C=O) groups is 3. The second-order valence-corrected chi connectivity index (χ2v) is 10.2. The number of nitrogens with one attached hydrogen (secondary N) is 2. The lowest BCUT2D eigenvalue weighted by Crippen LogP contribution is -2.37. The number of carboxylic acid groups (broad SMARTS) is 1. The highest BCUT2D eigenvalue weighted by Gasteiger charge is 2.29. The predicted molar refractivity (Wildman–Crippen MR) is 135 cm³/mol. The number of hydrogen-bond donors (Lipinski definition) is 3. The van der Waals surface area contributed by atoms with Crippen molar-refractivity contribution in [1.29, 1.82) is 0 Å². The van der Waals surface area contributed by atoms with Crippen LogP contribution >= 0.6 is 0 Å². The normalized spacial score (nSPS) is 13.6. The molecule has 3 rings (SSSR count). The SMILES string of the molecule is CC(C)C(CNC(=O)OCC1c2ccccc2-c2ccccc21)CC(=O)NCCC(C)(C)C(=O)O. The van der Waals surface area contributed by atoms with Crippen LogP contribution in [-0.4, -0.2) is 42.8 Å². The topological polar surface area (TPSA) is 105 Å². The molecule has 1 aliphatic rings. The fourth-order valence-corrected chi connectivity index (χ4v) is 4.34. The molecular weight excluding hydrogens is 444 g/mol. The third-order valence-electron chi connectivity index (χ3n) is 6.89. The van der Waals surface area contributed by atoms with Crippen molar-refractivity contribution in [2.45, 2.75) is 46.5 Å². The van der Waals surface area contributed by atoms with Gasteiger partial charge in [-0.15, -0.1) is 0 Å². The molecule has 7 heteroatoms. The first kappa shape index (κ1) is 26.3. The van der Waals surface area contributed by atoms with Gasteiger partial charge in [-0.25, -0.2) is 4.79 Å². The first-order chi connectivity index (χ1) is 16.6. The number of amides is 2. The van der Waals surface area contributed by atoms with Gasteiger partial charge in [0.25, 0.3) is 0 Å². The number of alkyl carbamates (subject to hydrolysis) is 1. The fourth-order valence-electron chi connectivity index (χ4n) is 4.34. The molecule has 188 valence electrons. The standard InChI is InChI=1S/C28H36N2O5/c1-18(2)19(15-25(31)29-14-13-28(3,4)26(32)33)16-30-27(34)35-17-24-22-11-7-5-9-20(22)21-10-6-8-12-23(21)24/h5-12,18-19,24H,13-17H2,1-4H3,(H,29,31)(H,30,34)(H,32,33). The van der Waals surface area contributed by atoms with Crippen molar-refractivity contribution in [3.8, 4) is 11.1 Å². The zero-order chi connectivity index (χ0) is 25.6. The Morgan fingerprint density at radius 3 is 2.09 bits per heavy atom. The third kappa shape index (κ3) is 6.62. The lowest BCUT2D eigenvalue weighted by molar-refractivity contribution is -0.147. The van der Waals surface area contributed by atoms with E-state index in [1.807, 2.05) is 38.1 Å². The van der Waals surface area contributed by atoms with Gasteiger partial charge in [-0.2, -0.15) is 0 Å². The smallest absolute Gasteiger partial charge is 0.407 e. The molecule has 1 atom stereocenters. The molecule has 0 saturated carbocycles. The summed E-state index contributed by atoms with van der Waals surface area (Å²) in [6, 6.07) is 16.4. The van der Waals surface area contributed by atoms with E-state index in [0.717, 1.165) is 11.1 Å². The van der Waals surface area contributed by atoms with Crippen LogP contribution < -0.4 is 10.6 Å². The molecule has 2 amide bonds. The highest BCUT2D eigenvalue weighted by atomic mass is 16.5. The molecule has 0 radical (unpaired) electrons. The summed E-state index contributed by atoms with van der Waals surface area (Å²) in [6.45, 7) is 8.14. The summed E-state index contributed by atoms with van der Waals surface area (Å²) in [5.41, 5.74) is 3.77. The maximum Gasteiger partial charge on any atom is 0.407 e. The molecule has 0 saturated heterocycles. The summed E-state index contributed by atoms with van der Waals surface area (Å²) in [4.78, 5) is 36.1. The van der Waals surface area contributed by atoms with E-state index >= 15 is 0 Å². The molecule has 0 fully saturated rings. The quantitative estimate of drug-likeness (QED) is 0.428. The summed E-state index contributed by atoms with van der Waals surface area (Å²) in [5, 5.41) is 14.8. The maximum absolute atomic E-state index is 12.5. The van der Waals surface area contributed by atoms with E-state index in [9.17, 15) is 19.5 Å². The van der Waals surface area contributed by atoms with E-state index in [-0.39, 0.29) is 36.7 Å². The zero-order valence-electron chi connectivity index (χ0n) is 21.0. The number of benzene rings is 2. The molecule has 0 spiro atoms. The van der Waals surface area contributed by atoms with E-state index in [1.54, 1.807) is 13.8 Å². The summed E-state index contributed by atoms with van der Waals surface area (Å²) < 4.78 is 5.59. The van der Waals surface area contributed by atoms with Gasteiger partial charge >= 0.3 is 12.1 Å². The van der Waals surface area contributed by atoms with Crippen molar-refractivity contribution < 1.29 is 24.2 Å². The monoisotopic (exact) mass is 480 g/mol. The molecule has 1 aliphatic carbocycles. The van der Waals surface area contributed by atoms with Gasteiger partial charge in [0.2, 0.25) is 5.91 Å². The van der Waals surface area contributed by atoms with Crippen LogP contribution in [0.5, 0.6) is 0 Å². The Hall–Kier alpha value is -3.35. The first-order valence-electron chi connectivity index (χ1n) is 12.2. The van der Waals surface area contributed by atoms with Gasteiger partial charge < -0.3 is 20.5 Å². The summed E-state index contributed by atoms with van der Waals surface area (Å²) in [6.07, 6.45) is 0.0916. The molecular formula is C28H36N2O5. The van der Waals surface area contributed by atoms with Crippen LogP contribution in [0.3, 0.4) is 0 Å². The predicted octanol–water partition coefficient (Wildman–Crippen LogP) is 4.80. The molecule has 1 unspecified atom stereocenters. The largest absolute Gasteiger partial charge is 0.481 e. The van der Waals surface area contributed by atoms with Gasteiger partial charge in [-0.3, -0.25) is 9.59 Å². The van der Waals surface area contributed by atoms with Crippen LogP contribution in [0.4, 0.5) is 4.79 Å². The van der Waals surface area contributed by atoms with E-state index in [2.05, 4.69) is 34.9 Å². The number of hydrogen-bond acceptors (Lipinski definition) is 4. The molecule has 35 heavy (non-hydrogen) atoms. The lowest BCUT2D eigenvalue weighted by Gasteiger charge is -2.22. The molecule has 0 heterocycles. The second kappa shape index (κ2) is 11.4. The van der Waals surface area contributed by atoms with Gasteiger partial charge in [0.1, 0.15) is 6.61 Å². The number of carbonyl (C=O) groups excluding carboxylic acids is 2. The van der Waals surface area contributed by atoms with E-state index < -0.39 is 17.5 Å². The summed E-state index contributed by atoms with van der Waals surface area (Å²) >= 11 is 0. The minimum absolute atomic E-state index is 0.00474. The lowest BCUT2D eigenvalue weighted by atomic mass is 9.89. The summed E-state index contributed by atoms with van der Waals surface area (Å²) in [7, 11) is 0. The number of ether oxygens (including phenoxy) is 1. The molecule has 2 aromatic rings. The average molecular weight is 481 g/mol. The number of fused-ring (bicyclic) bond motifs is 3. The summed E-state index contributed by atoms with van der Waals surface area (Å²) in [5.74, 6) is -0.943. The molecule has 7 nitrogen and oxygen atoms in total. The van der Waals surface area contributed by atoms with Crippen molar-refractivity contribution in [2.75, 3.05) is 19.7 Å². The Morgan fingerprint density at radius 1 is 0.971 bits per heavy atom. The maximum atomic E-state index is 12.5. The van der Waals surface area contributed by atoms with Crippen molar-refractivity contribution in [3.63, 3.8) is 0 Å². The minimum Gasteiger partial charge on any atom is -0.481 e. The van der Waals surface area contributed by atoms with Crippen LogP contribution in [0, 0.1) is 17.3 Å². The van der Waals surface area contributed by atoms with Crippen LogP contribution in [0.1, 0.15) is 57.6 Å². The van der Waals surface area contributed by atoms with E-state index in [0.29, 0.717) is 19.5 Å². The van der Waals surface area contributed by atoms with Crippen LogP contribution in [0.2, 0.25) is 0 Å². The van der Waals surface area contributed by atoms with E-state index in [4.69, 9.17) is 4.74 Å². The fraction of sp³-hybridized carbons (Fsp3) is 0.464. The first-order valence-corrected chi connectivity index (χ1v) is 12.2. The van der Waals surface area contributed by atoms with Crippen molar-refractivity contribution in [3.05, 3.63) is 59.7 Å². The van der Waals surface area contributed by atoms with Gasteiger partial charge in [0.15, 0.2) is 0 Å². The molecule has 0 aliphatic heterocycles. The van der Waals surface area contributed by atoms with Gasteiger partial charge in [0, 0.05) is 25.4 Å². The van der Waals surface area contributed by atoms with Crippen LogP contribution in [0.25, 0.3) is 11.1 Å². The minimum atomic E-state index is -0.892. The van der Waals surface area contributed by atoms with Crippen molar-refractivity contribution in [2.24, 2.45) is 17.3 Å². The number of aliphatic carboxylic acids is 1. The average Bonchev–Trinajstić information content (AvgIpc) is 3.13. The highest BCUT2D eigenvalue weighted by molar-refractivity contribution is 5.79. The van der Waals surface area contributed by atoms with Crippen LogP contribution in [0.15, 0.2) is 48.5 Å². The molecule has 3 N–H and O–H groups in total. The van der Waals surface area contributed by atoms with Crippen molar-refractivity contribution >= 4 is 18.0 Å². The van der Waals surface area contributed by atoms with E-state index in [1.165, 1.54) is 11.1 Å². The van der Waals surface area contributed by atoms with Crippen LogP contribution in [-0.2, 0) is 14.3 Å². The number of rotatable bonds is 11. The van der Waals surface area contributed by atoms with Crippen molar-refractivity contribution in [1.82, 2.24) is 10.6 Å². The van der Waals surface area contributed by atoms with Gasteiger partial charge in [-0.1, -0.05) is 62.4 Å². The Labute approximate surface area is 207 Å². The Balaban J connectivity index is 1.48. The Morgan fingerprint density at radius 2 is 1.54 bits per heavy atom. The zero-order valence-corrected chi connectivity index (χ0v) is 21.0. The Bertz CT molecular complexity index is 1020. The third-order valence-corrected chi connectivity index (χ3v) is 6.89. The van der Waals surface area contributed by atoms with Gasteiger partial charge in [-0.05, 0) is 54.4 Å². The van der Waals surface area contributed by atoms with Gasteiger partial charge in [0.05, 0.1) is 5.41 Å². The molecule has 0 bridgehead atoms. The highest BCUT2D eigenvalue weighted by Crippen LogP contribution is 2.44.